The summed E-state index contributed by atoms with van der Waals surface area (Å²) in [6.07, 6.45) is 4.40. The lowest BCUT2D eigenvalue weighted by molar-refractivity contribution is 0.152. The average Bonchev–Trinajstić information content (AvgIpc) is 2.94. The highest BCUT2D eigenvalue weighted by atomic mass is 16.5. The van der Waals surface area contributed by atoms with E-state index in [1.807, 2.05) is 0 Å². The minimum absolute atomic E-state index is 0.0343. The largest absolute Gasteiger partial charge is 0.384 e. The van der Waals surface area contributed by atoms with Gasteiger partial charge in [0.25, 0.3) is 5.56 Å². The van der Waals surface area contributed by atoms with Gasteiger partial charge in [0.15, 0.2) is 0 Å². The van der Waals surface area contributed by atoms with Gasteiger partial charge in [0.2, 0.25) is 0 Å². The van der Waals surface area contributed by atoms with Crippen molar-refractivity contribution in [2.75, 3.05) is 6.54 Å². The Kier molecular flexibility index (Phi) is 4.21. The number of hydrogen-bond donors (Lipinski definition) is 1. The summed E-state index contributed by atoms with van der Waals surface area (Å²) in [5, 5.41) is 3.60. The summed E-state index contributed by atoms with van der Waals surface area (Å²) in [6.45, 7) is 5.49. The van der Waals surface area contributed by atoms with Crippen molar-refractivity contribution in [3.8, 4) is 0 Å². The van der Waals surface area contributed by atoms with E-state index in [0.717, 1.165) is 25.8 Å². The maximum absolute atomic E-state index is 11.8. The van der Waals surface area contributed by atoms with Crippen LogP contribution in [0.3, 0.4) is 0 Å². The van der Waals surface area contributed by atoms with E-state index in [0.29, 0.717) is 6.04 Å². The highest BCUT2D eigenvalue weighted by Crippen LogP contribution is 2.32. The molecule has 2 heterocycles. The van der Waals surface area contributed by atoms with Gasteiger partial charge in [-0.05, 0) is 36.8 Å². The summed E-state index contributed by atoms with van der Waals surface area (Å²) in [7, 11) is 0. The molecule has 1 fully saturated rings. The zero-order valence-corrected chi connectivity index (χ0v) is 13.3. The third kappa shape index (κ3) is 3.17. The lowest BCUT2D eigenvalue weighted by atomic mass is 9.77. The summed E-state index contributed by atoms with van der Waals surface area (Å²) < 4.78 is 6.87. The van der Waals surface area contributed by atoms with E-state index in [1.54, 1.807) is 0 Å². The molecule has 0 radical (unpaired) electrons. The summed E-state index contributed by atoms with van der Waals surface area (Å²) in [5.41, 5.74) is 1.43. The number of aromatic nitrogens is 1. The maximum Gasteiger partial charge on any atom is 0.282 e. The van der Waals surface area contributed by atoms with E-state index in [9.17, 15) is 4.79 Å². The van der Waals surface area contributed by atoms with Gasteiger partial charge in [0.05, 0.1) is 6.04 Å². The fourth-order valence-electron chi connectivity index (χ4n) is 3.52. The first-order valence-corrected chi connectivity index (χ1v) is 8.02. The van der Waals surface area contributed by atoms with E-state index < -0.39 is 0 Å². The van der Waals surface area contributed by atoms with Crippen LogP contribution in [0.5, 0.6) is 0 Å². The second-order valence-electron chi connectivity index (χ2n) is 6.86. The molecule has 0 saturated carbocycles. The van der Waals surface area contributed by atoms with Gasteiger partial charge in [0, 0.05) is 12.1 Å². The second-order valence-corrected chi connectivity index (χ2v) is 6.86. The molecular formula is C18H24N2O2. The molecular weight excluding hydrogens is 276 g/mol. The standard InChI is InChI=1S/C18H24N2O2/c1-18(2,14-6-4-3-5-7-14)13-15-12-16(8-10-19-15)20-17(21)9-11-22-20/h3-7,9,11,15-16,19H,8,10,12-13H2,1-2H3/t15-,16+/m1/s1. The average molecular weight is 300 g/mol. The van der Waals surface area contributed by atoms with E-state index in [4.69, 9.17) is 4.52 Å². The molecule has 22 heavy (non-hydrogen) atoms. The molecule has 118 valence electrons. The maximum atomic E-state index is 11.8. The molecule has 1 aromatic heterocycles. The highest BCUT2D eigenvalue weighted by Gasteiger charge is 2.30. The predicted octanol–water partition coefficient (Wildman–Crippen LogP) is 3.10. The molecule has 0 unspecified atom stereocenters. The Hall–Kier alpha value is -1.81. The van der Waals surface area contributed by atoms with Crippen LogP contribution < -0.4 is 10.9 Å². The number of piperidine rings is 1. The molecule has 1 N–H and O–H groups in total. The second kappa shape index (κ2) is 6.13. The number of rotatable bonds is 4. The summed E-state index contributed by atoms with van der Waals surface area (Å²) in [6, 6.07) is 12.7. The Morgan fingerprint density at radius 1 is 1.27 bits per heavy atom. The number of benzene rings is 1. The van der Waals surface area contributed by atoms with Gasteiger partial charge in [-0.1, -0.05) is 44.2 Å². The van der Waals surface area contributed by atoms with Crippen molar-refractivity contribution in [2.45, 2.75) is 50.6 Å². The topological polar surface area (TPSA) is 47.2 Å². The molecule has 1 aliphatic rings. The molecule has 0 bridgehead atoms. The molecule has 4 nitrogen and oxygen atoms in total. The van der Waals surface area contributed by atoms with Gasteiger partial charge in [-0.3, -0.25) is 4.79 Å². The molecule has 2 atom stereocenters. The van der Waals surface area contributed by atoms with Crippen molar-refractivity contribution >= 4 is 0 Å². The minimum Gasteiger partial charge on any atom is -0.384 e. The molecule has 2 aromatic rings. The van der Waals surface area contributed by atoms with Gasteiger partial charge < -0.3 is 9.84 Å². The monoisotopic (exact) mass is 300 g/mol. The van der Waals surface area contributed by atoms with Gasteiger partial charge >= 0.3 is 0 Å². The number of nitrogens with one attached hydrogen (secondary N) is 1. The first kappa shape index (κ1) is 15.1. The normalized spacial score (nSPS) is 22.6. The van der Waals surface area contributed by atoms with Gasteiger partial charge in [0.1, 0.15) is 6.26 Å². The van der Waals surface area contributed by atoms with Crippen LogP contribution in [0.25, 0.3) is 0 Å². The quantitative estimate of drug-likeness (QED) is 0.944. The number of nitrogens with zero attached hydrogens (tertiary/aromatic N) is 1. The number of hydrogen-bond acceptors (Lipinski definition) is 3. The van der Waals surface area contributed by atoms with Gasteiger partial charge in [-0.2, -0.15) is 4.74 Å². The molecule has 0 amide bonds. The molecule has 1 aliphatic heterocycles. The SMILES string of the molecule is CC(C)(C[C@H]1C[C@@H](n2occc2=O)CCN1)c1ccccc1. The van der Waals surface area contributed by atoms with Crippen LogP contribution in [-0.4, -0.2) is 17.3 Å². The summed E-state index contributed by atoms with van der Waals surface area (Å²) >= 11 is 0. The molecule has 0 aliphatic carbocycles. The van der Waals surface area contributed by atoms with Crippen molar-refractivity contribution in [3.63, 3.8) is 0 Å². The molecule has 1 saturated heterocycles. The zero-order valence-electron chi connectivity index (χ0n) is 13.3. The summed E-state index contributed by atoms with van der Waals surface area (Å²) in [5.74, 6) is 0. The van der Waals surface area contributed by atoms with E-state index in [1.165, 1.54) is 22.6 Å². The third-order valence-electron chi connectivity index (χ3n) is 4.71. The Balaban J connectivity index is 1.70. The first-order valence-electron chi connectivity index (χ1n) is 8.02. The van der Waals surface area contributed by atoms with Crippen molar-refractivity contribution < 1.29 is 4.52 Å². The van der Waals surface area contributed by atoms with E-state index in [2.05, 4.69) is 49.5 Å². The highest BCUT2D eigenvalue weighted by molar-refractivity contribution is 5.23. The first-order chi connectivity index (χ1) is 10.6. The lowest BCUT2D eigenvalue weighted by Crippen LogP contribution is -2.43. The van der Waals surface area contributed by atoms with E-state index in [-0.39, 0.29) is 17.0 Å². The van der Waals surface area contributed by atoms with Crippen LogP contribution >= 0.6 is 0 Å². The zero-order chi connectivity index (χ0) is 15.6. The van der Waals surface area contributed by atoms with Crippen molar-refractivity contribution in [1.29, 1.82) is 0 Å². The van der Waals surface area contributed by atoms with Gasteiger partial charge in [-0.15, -0.1) is 0 Å². The van der Waals surface area contributed by atoms with Crippen LogP contribution in [0.15, 0.2) is 52.0 Å². The lowest BCUT2D eigenvalue weighted by Gasteiger charge is -2.35. The van der Waals surface area contributed by atoms with Gasteiger partial charge in [-0.25, -0.2) is 0 Å². The van der Waals surface area contributed by atoms with Crippen molar-refractivity contribution in [3.05, 3.63) is 58.6 Å². The Labute approximate surface area is 131 Å². The molecule has 0 spiro atoms. The summed E-state index contributed by atoms with van der Waals surface area (Å²) in [4.78, 5) is 11.8. The fraction of sp³-hybridized carbons (Fsp3) is 0.500. The van der Waals surface area contributed by atoms with Crippen LogP contribution in [0.4, 0.5) is 0 Å². The van der Waals surface area contributed by atoms with Crippen LogP contribution in [0.1, 0.15) is 44.7 Å². The van der Waals surface area contributed by atoms with Crippen molar-refractivity contribution in [2.24, 2.45) is 0 Å². The predicted molar refractivity (Wildman–Crippen MR) is 87.1 cm³/mol. The fourth-order valence-corrected chi connectivity index (χ4v) is 3.52. The van der Waals surface area contributed by atoms with Crippen LogP contribution in [0, 0.1) is 0 Å². The minimum atomic E-state index is -0.0343. The molecule has 3 rings (SSSR count). The van der Waals surface area contributed by atoms with Crippen LogP contribution in [-0.2, 0) is 5.41 Å². The Morgan fingerprint density at radius 3 is 2.73 bits per heavy atom. The molecule has 4 heteroatoms. The Bertz CT molecular complexity index is 657. The Morgan fingerprint density at radius 2 is 2.05 bits per heavy atom. The van der Waals surface area contributed by atoms with E-state index >= 15 is 0 Å². The smallest absolute Gasteiger partial charge is 0.282 e. The van der Waals surface area contributed by atoms with Crippen LogP contribution in [0.2, 0.25) is 0 Å². The van der Waals surface area contributed by atoms with Crippen molar-refractivity contribution in [1.82, 2.24) is 10.1 Å². The molecule has 1 aromatic carbocycles. The third-order valence-corrected chi connectivity index (χ3v) is 4.71.